The third kappa shape index (κ3) is 2.55. The van der Waals surface area contributed by atoms with E-state index in [-0.39, 0.29) is 0 Å². The van der Waals surface area contributed by atoms with Crippen LogP contribution in [0.3, 0.4) is 0 Å². The van der Waals surface area contributed by atoms with E-state index in [1.54, 1.807) is 0 Å². The Morgan fingerprint density at radius 2 is 1.13 bits per heavy atom. The fraction of sp³-hybridized carbons (Fsp3) is 0.857. The molecule has 0 aromatic heterocycles. The molecule has 2 rings (SSSR count). The Balaban J connectivity index is 3.12. The lowest BCUT2D eigenvalue weighted by Crippen LogP contribution is -2.72. The molecule has 0 aromatic carbocycles. The van der Waals surface area contributed by atoms with Crippen LogP contribution in [0.25, 0.3) is 0 Å². The fourth-order valence-corrected chi connectivity index (χ4v) is 4.42. The van der Waals surface area contributed by atoms with Gasteiger partial charge >= 0.3 is 24.7 Å². The van der Waals surface area contributed by atoms with Crippen LogP contribution in [0.1, 0.15) is 20.3 Å². The van der Waals surface area contributed by atoms with Crippen molar-refractivity contribution in [2.24, 2.45) is 5.92 Å². The average Bonchev–Trinajstić information content (AvgIpc) is 2.93. The molecular formula is C14H10F12N4. The van der Waals surface area contributed by atoms with Gasteiger partial charge in [0.25, 0.3) is 0 Å². The molecule has 0 aliphatic carbocycles. The van der Waals surface area contributed by atoms with Crippen molar-refractivity contribution in [1.82, 2.24) is 10.0 Å². The highest BCUT2D eigenvalue weighted by Gasteiger charge is 2.93. The molecule has 0 amide bonds. The molecule has 0 N–H and O–H groups in total. The molecule has 0 aromatic rings. The van der Waals surface area contributed by atoms with E-state index in [9.17, 15) is 52.7 Å². The number of hydrazine groups is 1. The molecule has 30 heavy (non-hydrogen) atoms. The van der Waals surface area contributed by atoms with Crippen molar-refractivity contribution in [3.05, 3.63) is 0 Å². The summed E-state index contributed by atoms with van der Waals surface area (Å²) < 4.78 is 166. The van der Waals surface area contributed by atoms with Crippen LogP contribution in [0, 0.1) is 28.6 Å². The molecule has 0 bridgehead atoms. The number of halogens is 12. The molecule has 0 spiro atoms. The predicted octanol–water partition coefficient (Wildman–Crippen LogP) is 4.46. The minimum absolute atomic E-state index is 0.319. The van der Waals surface area contributed by atoms with Crippen molar-refractivity contribution in [2.75, 3.05) is 0 Å². The molecule has 2 unspecified atom stereocenters. The van der Waals surface area contributed by atoms with Gasteiger partial charge in [0.15, 0.2) is 0 Å². The first-order chi connectivity index (χ1) is 13.1. The fourth-order valence-electron chi connectivity index (χ4n) is 4.42. The number of fused-ring (bicyclic) bond motifs is 1. The van der Waals surface area contributed by atoms with E-state index in [0.29, 0.717) is 26.0 Å². The summed E-state index contributed by atoms with van der Waals surface area (Å²) in [5.74, 6) is -3.66. The number of hydrogen-bond acceptors (Lipinski definition) is 4. The summed E-state index contributed by atoms with van der Waals surface area (Å²) in [6, 6.07) is -2.23. The summed E-state index contributed by atoms with van der Waals surface area (Å²) >= 11 is 0. The molecule has 2 saturated heterocycles. The molecule has 2 aliphatic rings. The topological polar surface area (TPSA) is 54.1 Å². The summed E-state index contributed by atoms with van der Waals surface area (Å²) in [5.41, 5.74) is -13.8. The van der Waals surface area contributed by atoms with Crippen LogP contribution < -0.4 is 0 Å². The second-order valence-electron chi connectivity index (χ2n) is 7.44. The number of rotatable bonds is 0. The lowest BCUT2D eigenvalue weighted by atomic mass is 9.75. The molecule has 2 atom stereocenters. The zero-order chi connectivity index (χ0) is 23.9. The standard InChI is InChI=1S/C14H10F12N4/c1-8(2)5-9(11(15,16)17,12(18,19)20)29-7(4-28)6(3-27)10(30(8)29,13(21,22)23)14(24,25)26/h6-7H,5H2,1-2H3. The van der Waals surface area contributed by atoms with Crippen LogP contribution in [0.2, 0.25) is 0 Å². The van der Waals surface area contributed by atoms with Crippen LogP contribution in [0.4, 0.5) is 52.7 Å². The summed E-state index contributed by atoms with van der Waals surface area (Å²) in [7, 11) is 0. The summed E-state index contributed by atoms with van der Waals surface area (Å²) in [5, 5.41) is 15.7. The summed E-state index contributed by atoms with van der Waals surface area (Å²) in [4.78, 5) is 0. The largest absolute Gasteiger partial charge is 0.418 e. The van der Waals surface area contributed by atoms with Gasteiger partial charge < -0.3 is 0 Å². The highest BCUT2D eigenvalue weighted by molar-refractivity contribution is 5.32. The van der Waals surface area contributed by atoms with Crippen molar-refractivity contribution in [1.29, 1.82) is 10.5 Å². The van der Waals surface area contributed by atoms with Crippen molar-refractivity contribution < 1.29 is 52.7 Å². The Morgan fingerprint density at radius 1 is 0.733 bits per heavy atom. The second-order valence-corrected chi connectivity index (χ2v) is 7.44. The smallest absolute Gasteiger partial charge is 0.209 e. The molecule has 170 valence electrons. The Labute approximate surface area is 160 Å². The lowest BCUT2D eigenvalue weighted by Gasteiger charge is -2.47. The van der Waals surface area contributed by atoms with Gasteiger partial charge in [0.2, 0.25) is 11.1 Å². The first-order valence-corrected chi connectivity index (χ1v) is 7.75. The summed E-state index contributed by atoms with van der Waals surface area (Å²) in [6.45, 7) is 0.638. The van der Waals surface area contributed by atoms with E-state index in [4.69, 9.17) is 10.5 Å². The number of nitriles is 2. The zero-order valence-corrected chi connectivity index (χ0v) is 14.7. The third-order valence-electron chi connectivity index (χ3n) is 5.31. The van der Waals surface area contributed by atoms with Gasteiger partial charge in [-0.2, -0.15) is 68.2 Å². The van der Waals surface area contributed by atoms with Gasteiger partial charge in [-0.05, 0) is 13.8 Å². The lowest BCUT2D eigenvalue weighted by molar-refractivity contribution is -0.387. The Hall–Kier alpha value is -1.94. The second kappa shape index (κ2) is 6.06. The van der Waals surface area contributed by atoms with Crippen LogP contribution >= 0.6 is 0 Å². The van der Waals surface area contributed by atoms with Crippen molar-refractivity contribution in [3.63, 3.8) is 0 Å². The Bertz CT molecular complexity index is 763. The highest BCUT2D eigenvalue weighted by Crippen LogP contribution is 2.68. The van der Waals surface area contributed by atoms with Crippen molar-refractivity contribution in [3.8, 4) is 12.1 Å². The maximum absolute atomic E-state index is 13.9. The average molecular weight is 462 g/mol. The minimum Gasteiger partial charge on any atom is -0.209 e. The van der Waals surface area contributed by atoms with Gasteiger partial charge in [-0.15, -0.1) is 0 Å². The van der Waals surface area contributed by atoms with E-state index < -0.39 is 69.7 Å². The normalized spacial score (nSPS) is 29.3. The van der Waals surface area contributed by atoms with E-state index in [2.05, 4.69) is 0 Å². The quantitative estimate of drug-likeness (QED) is 0.499. The zero-order valence-electron chi connectivity index (χ0n) is 14.7. The number of nitrogens with zero attached hydrogens (tertiary/aromatic N) is 4. The first-order valence-electron chi connectivity index (χ1n) is 7.75. The molecule has 0 radical (unpaired) electrons. The van der Waals surface area contributed by atoms with Gasteiger partial charge in [-0.3, -0.25) is 0 Å². The van der Waals surface area contributed by atoms with Gasteiger partial charge in [0.1, 0.15) is 12.0 Å². The molecule has 2 aliphatic heterocycles. The number of hydrogen-bond donors (Lipinski definition) is 0. The van der Waals surface area contributed by atoms with E-state index in [1.807, 2.05) is 0 Å². The Kier molecular flexibility index (Phi) is 4.92. The molecule has 0 saturated carbocycles. The number of alkyl halides is 12. The van der Waals surface area contributed by atoms with E-state index >= 15 is 0 Å². The Morgan fingerprint density at radius 3 is 1.40 bits per heavy atom. The highest BCUT2D eigenvalue weighted by atomic mass is 19.4. The van der Waals surface area contributed by atoms with Crippen LogP contribution in [-0.4, -0.2) is 57.4 Å². The molecule has 2 heterocycles. The van der Waals surface area contributed by atoms with Crippen LogP contribution in [0.15, 0.2) is 0 Å². The van der Waals surface area contributed by atoms with Crippen molar-refractivity contribution >= 4 is 0 Å². The van der Waals surface area contributed by atoms with Crippen molar-refractivity contribution in [2.45, 2.75) is 67.6 Å². The molecule has 2 fully saturated rings. The third-order valence-corrected chi connectivity index (χ3v) is 5.31. The predicted molar refractivity (Wildman–Crippen MR) is 70.6 cm³/mol. The SMILES string of the molecule is CC1(C)CC(C(F)(F)F)(C(F)(F)F)N2C(C#N)C(C#N)C(C(F)(F)F)(C(F)(F)F)N21. The van der Waals surface area contributed by atoms with Gasteiger partial charge in [-0.25, -0.2) is 5.01 Å². The van der Waals surface area contributed by atoms with Gasteiger partial charge in [-0.1, -0.05) is 0 Å². The van der Waals surface area contributed by atoms with Crippen LogP contribution in [-0.2, 0) is 0 Å². The monoisotopic (exact) mass is 462 g/mol. The maximum atomic E-state index is 13.9. The van der Waals surface area contributed by atoms with Crippen LogP contribution in [0.5, 0.6) is 0 Å². The van der Waals surface area contributed by atoms with Gasteiger partial charge in [0.05, 0.1) is 12.1 Å². The molecule has 16 heteroatoms. The minimum atomic E-state index is -6.57. The van der Waals surface area contributed by atoms with E-state index in [0.717, 1.165) is 0 Å². The summed E-state index contributed by atoms with van der Waals surface area (Å²) in [6.07, 6.45) is -28.3. The first kappa shape index (κ1) is 24.3. The molecular weight excluding hydrogens is 452 g/mol. The molecule has 4 nitrogen and oxygen atoms in total. The maximum Gasteiger partial charge on any atom is 0.418 e. The van der Waals surface area contributed by atoms with Gasteiger partial charge in [0, 0.05) is 12.0 Å². The van der Waals surface area contributed by atoms with E-state index in [1.165, 1.54) is 0 Å².